The van der Waals surface area contributed by atoms with Crippen LogP contribution in [0.15, 0.2) is 24.3 Å². The Kier molecular flexibility index (Phi) is 7.45. The van der Waals surface area contributed by atoms with Crippen LogP contribution < -0.4 is 11.1 Å². The summed E-state index contributed by atoms with van der Waals surface area (Å²) in [6.07, 6.45) is 2.31. The number of thioether (sulfide) groups is 1. The highest BCUT2D eigenvalue weighted by atomic mass is 32.2. The molecule has 0 aliphatic heterocycles. The lowest BCUT2D eigenvalue weighted by Crippen LogP contribution is -2.43. The van der Waals surface area contributed by atoms with Gasteiger partial charge in [0.05, 0.1) is 0 Å². The van der Waals surface area contributed by atoms with E-state index in [9.17, 15) is 14.4 Å². The number of hydrogen-bond acceptors (Lipinski definition) is 5. The van der Waals surface area contributed by atoms with E-state index in [1.165, 1.54) is 0 Å². The fourth-order valence-corrected chi connectivity index (χ4v) is 2.23. The van der Waals surface area contributed by atoms with Crippen molar-refractivity contribution in [2.24, 2.45) is 5.73 Å². The number of ether oxygens (including phenoxy) is 1. The van der Waals surface area contributed by atoms with Gasteiger partial charge in [0.25, 0.3) is 11.8 Å². The average molecular weight is 324 g/mol. The summed E-state index contributed by atoms with van der Waals surface area (Å²) < 4.78 is 4.79. The minimum absolute atomic E-state index is 0.356. The predicted octanol–water partition coefficient (Wildman–Crippen LogP) is 0.875. The number of aryl methyl sites for hydroxylation is 1. The Labute approximate surface area is 133 Å². The third-order valence-corrected chi connectivity index (χ3v) is 3.48. The summed E-state index contributed by atoms with van der Waals surface area (Å²) in [5.41, 5.74) is 6.36. The molecule has 0 unspecified atom stereocenters. The second-order valence-electron chi connectivity index (χ2n) is 4.75. The SMILES string of the molecule is CSCC[C@@H](NC(=O)c1cccc(C)c1)C(=O)OCC(N)=O. The van der Waals surface area contributed by atoms with Crippen molar-refractivity contribution in [3.05, 3.63) is 35.4 Å². The molecule has 0 spiro atoms. The van der Waals surface area contributed by atoms with Crippen molar-refractivity contribution in [1.29, 1.82) is 0 Å². The van der Waals surface area contributed by atoms with Gasteiger partial charge in [-0.05, 0) is 37.5 Å². The molecular formula is C15H20N2O4S. The highest BCUT2D eigenvalue weighted by molar-refractivity contribution is 7.98. The molecule has 120 valence electrons. The molecule has 1 aromatic carbocycles. The van der Waals surface area contributed by atoms with Crippen LogP contribution in [-0.4, -0.2) is 42.4 Å². The molecule has 22 heavy (non-hydrogen) atoms. The maximum absolute atomic E-state index is 12.2. The van der Waals surface area contributed by atoms with Gasteiger partial charge in [-0.25, -0.2) is 4.79 Å². The van der Waals surface area contributed by atoms with Gasteiger partial charge < -0.3 is 15.8 Å². The summed E-state index contributed by atoms with van der Waals surface area (Å²) in [6.45, 7) is 1.39. The first-order chi connectivity index (χ1) is 10.4. The van der Waals surface area contributed by atoms with E-state index in [4.69, 9.17) is 10.5 Å². The van der Waals surface area contributed by atoms with Gasteiger partial charge in [-0.15, -0.1) is 0 Å². The monoisotopic (exact) mass is 324 g/mol. The van der Waals surface area contributed by atoms with Crippen LogP contribution in [0, 0.1) is 6.92 Å². The van der Waals surface area contributed by atoms with Gasteiger partial charge in [0.2, 0.25) is 0 Å². The van der Waals surface area contributed by atoms with Gasteiger partial charge in [0.1, 0.15) is 6.04 Å². The minimum Gasteiger partial charge on any atom is -0.454 e. The zero-order valence-corrected chi connectivity index (χ0v) is 13.4. The minimum atomic E-state index is -0.806. The van der Waals surface area contributed by atoms with Gasteiger partial charge in [-0.3, -0.25) is 9.59 Å². The lowest BCUT2D eigenvalue weighted by atomic mass is 10.1. The molecule has 3 N–H and O–H groups in total. The van der Waals surface area contributed by atoms with E-state index in [1.807, 2.05) is 19.2 Å². The standard InChI is InChI=1S/C15H20N2O4S/c1-10-4-3-5-11(8-10)14(19)17-12(6-7-22-2)15(20)21-9-13(16)18/h3-5,8,12H,6-7,9H2,1-2H3,(H2,16,18)(H,17,19)/t12-/m1/s1. The van der Waals surface area contributed by atoms with Crippen LogP contribution in [0.1, 0.15) is 22.3 Å². The molecule has 0 saturated heterocycles. The second kappa shape index (κ2) is 9.09. The van der Waals surface area contributed by atoms with E-state index >= 15 is 0 Å². The molecule has 1 aromatic rings. The van der Waals surface area contributed by atoms with E-state index in [0.717, 1.165) is 5.56 Å². The number of benzene rings is 1. The van der Waals surface area contributed by atoms with Crippen LogP contribution in [0.3, 0.4) is 0 Å². The number of primary amides is 1. The van der Waals surface area contributed by atoms with E-state index < -0.39 is 24.5 Å². The molecule has 2 amide bonds. The van der Waals surface area contributed by atoms with E-state index in [0.29, 0.717) is 17.7 Å². The van der Waals surface area contributed by atoms with Crippen molar-refractivity contribution in [2.75, 3.05) is 18.6 Å². The lowest BCUT2D eigenvalue weighted by Gasteiger charge is -2.17. The Morgan fingerprint density at radius 2 is 2.09 bits per heavy atom. The highest BCUT2D eigenvalue weighted by Crippen LogP contribution is 2.07. The molecule has 0 aliphatic carbocycles. The number of nitrogens with one attached hydrogen (secondary N) is 1. The molecule has 0 heterocycles. The van der Waals surface area contributed by atoms with Crippen LogP contribution in [0.25, 0.3) is 0 Å². The van der Waals surface area contributed by atoms with Crippen molar-refractivity contribution in [3.8, 4) is 0 Å². The van der Waals surface area contributed by atoms with Crippen LogP contribution in [0.4, 0.5) is 0 Å². The Balaban J connectivity index is 2.72. The van der Waals surface area contributed by atoms with Gasteiger partial charge >= 0.3 is 5.97 Å². The van der Waals surface area contributed by atoms with E-state index in [1.54, 1.807) is 30.0 Å². The number of rotatable bonds is 8. The Morgan fingerprint density at radius 1 is 1.36 bits per heavy atom. The molecule has 7 heteroatoms. The smallest absolute Gasteiger partial charge is 0.329 e. The first kappa shape index (κ1) is 18.0. The van der Waals surface area contributed by atoms with Crippen molar-refractivity contribution >= 4 is 29.5 Å². The Morgan fingerprint density at radius 3 is 2.68 bits per heavy atom. The van der Waals surface area contributed by atoms with Crippen molar-refractivity contribution in [1.82, 2.24) is 5.32 Å². The third-order valence-electron chi connectivity index (χ3n) is 2.84. The molecule has 1 rings (SSSR count). The normalized spacial score (nSPS) is 11.5. The second-order valence-corrected chi connectivity index (χ2v) is 5.74. The average Bonchev–Trinajstić information content (AvgIpc) is 2.48. The predicted molar refractivity (Wildman–Crippen MR) is 85.6 cm³/mol. The highest BCUT2D eigenvalue weighted by Gasteiger charge is 2.23. The summed E-state index contributed by atoms with van der Waals surface area (Å²) >= 11 is 1.55. The van der Waals surface area contributed by atoms with Gasteiger partial charge in [-0.1, -0.05) is 17.7 Å². The fourth-order valence-electron chi connectivity index (χ4n) is 1.76. The molecule has 0 aliphatic rings. The van der Waals surface area contributed by atoms with Gasteiger partial charge in [0, 0.05) is 5.56 Å². The number of nitrogens with two attached hydrogens (primary N) is 1. The van der Waals surface area contributed by atoms with Crippen LogP contribution >= 0.6 is 11.8 Å². The zero-order valence-electron chi connectivity index (χ0n) is 12.6. The zero-order chi connectivity index (χ0) is 16.5. The summed E-state index contributed by atoms with van der Waals surface area (Å²) in [4.78, 5) is 34.8. The van der Waals surface area contributed by atoms with E-state index in [2.05, 4.69) is 5.32 Å². The Bertz CT molecular complexity index is 548. The molecule has 0 radical (unpaired) electrons. The van der Waals surface area contributed by atoms with Crippen LogP contribution in [0.2, 0.25) is 0 Å². The molecule has 0 aromatic heterocycles. The molecule has 6 nitrogen and oxygen atoms in total. The number of esters is 1. The largest absolute Gasteiger partial charge is 0.454 e. The van der Waals surface area contributed by atoms with E-state index in [-0.39, 0.29) is 5.91 Å². The number of carbonyl (C=O) groups is 3. The molecule has 0 fully saturated rings. The van der Waals surface area contributed by atoms with Crippen molar-refractivity contribution in [3.63, 3.8) is 0 Å². The molecule has 1 atom stereocenters. The number of carbonyl (C=O) groups excluding carboxylic acids is 3. The first-order valence-corrected chi connectivity index (χ1v) is 8.15. The van der Waals surface area contributed by atoms with Gasteiger partial charge in [-0.2, -0.15) is 11.8 Å². The maximum Gasteiger partial charge on any atom is 0.329 e. The Hall–Kier alpha value is -2.02. The first-order valence-electron chi connectivity index (χ1n) is 6.75. The van der Waals surface area contributed by atoms with Gasteiger partial charge in [0.15, 0.2) is 6.61 Å². The summed E-state index contributed by atoms with van der Waals surface area (Å²) in [5, 5.41) is 2.64. The topological polar surface area (TPSA) is 98.5 Å². The number of hydrogen-bond donors (Lipinski definition) is 2. The third kappa shape index (κ3) is 6.17. The lowest BCUT2D eigenvalue weighted by molar-refractivity contribution is -0.149. The molecule has 0 saturated carbocycles. The quantitative estimate of drug-likeness (QED) is 0.692. The molecule has 0 bridgehead atoms. The summed E-state index contributed by atoms with van der Waals surface area (Å²) in [6, 6.07) is 6.24. The summed E-state index contributed by atoms with van der Waals surface area (Å²) in [5.74, 6) is -1.08. The maximum atomic E-state index is 12.2. The van der Waals surface area contributed by atoms with Crippen LogP contribution in [-0.2, 0) is 14.3 Å². The van der Waals surface area contributed by atoms with Crippen LogP contribution in [0.5, 0.6) is 0 Å². The fraction of sp³-hybridized carbons (Fsp3) is 0.400. The van der Waals surface area contributed by atoms with Crippen molar-refractivity contribution < 1.29 is 19.1 Å². The molecular weight excluding hydrogens is 304 g/mol. The number of amides is 2. The van der Waals surface area contributed by atoms with Crippen molar-refractivity contribution in [2.45, 2.75) is 19.4 Å². The summed E-state index contributed by atoms with van der Waals surface area (Å²) in [7, 11) is 0.